The summed E-state index contributed by atoms with van der Waals surface area (Å²) in [5.74, 6) is -1.34. The van der Waals surface area contributed by atoms with Crippen LogP contribution < -0.4 is 5.32 Å². The average molecular weight is 516 g/mol. The van der Waals surface area contributed by atoms with E-state index in [4.69, 9.17) is 39.5 Å². The molecule has 4 rings (SSSR count). The molecule has 10 heteroatoms. The van der Waals surface area contributed by atoms with E-state index in [0.29, 0.717) is 16.3 Å². The molecule has 0 radical (unpaired) electrons. The number of benzene rings is 2. The number of amides is 1. The maximum Gasteiger partial charge on any atom is 0.342 e. The van der Waals surface area contributed by atoms with Gasteiger partial charge in [-0.2, -0.15) is 5.10 Å². The number of anilines is 1. The maximum atomic E-state index is 13.1. The number of ether oxygens (including phenoxy) is 1. The van der Waals surface area contributed by atoms with Crippen LogP contribution in [0, 0.1) is 0 Å². The molecule has 0 aliphatic rings. The van der Waals surface area contributed by atoms with Crippen LogP contribution in [0.5, 0.6) is 0 Å². The fourth-order valence-electron chi connectivity index (χ4n) is 3.12. The second kappa shape index (κ2) is 10.3. The van der Waals surface area contributed by atoms with Crippen LogP contribution in [0.3, 0.4) is 0 Å². The zero-order valence-corrected chi connectivity index (χ0v) is 20.0. The third-order valence-corrected chi connectivity index (χ3v) is 5.61. The van der Waals surface area contributed by atoms with Gasteiger partial charge in [0, 0.05) is 29.2 Å². The summed E-state index contributed by atoms with van der Waals surface area (Å²) in [6, 6.07) is 15.7. The summed E-state index contributed by atoms with van der Waals surface area (Å²) >= 11 is 18.2. The zero-order valence-electron chi connectivity index (χ0n) is 17.7. The molecule has 2 aromatic carbocycles. The molecule has 34 heavy (non-hydrogen) atoms. The summed E-state index contributed by atoms with van der Waals surface area (Å²) in [6.07, 6.45) is 3.61. The normalized spacial score (nSPS) is 11.6. The molecule has 1 N–H and O–H groups in total. The predicted octanol–water partition coefficient (Wildman–Crippen LogP) is 6.08. The summed E-state index contributed by atoms with van der Waals surface area (Å²) < 4.78 is 7.01. The molecule has 0 spiro atoms. The van der Waals surface area contributed by atoms with E-state index in [1.807, 2.05) is 30.3 Å². The number of aromatic nitrogens is 3. The quantitative estimate of drug-likeness (QED) is 0.315. The van der Waals surface area contributed by atoms with Crippen LogP contribution in [0.1, 0.15) is 17.3 Å². The van der Waals surface area contributed by atoms with Gasteiger partial charge in [-0.25, -0.2) is 9.48 Å². The Hall–Kier alpha value is -3.39. The minimum atomic E-state index is -1.16. The molecule has 0 saturated heterocycles. The van der Waals surface area contributed by atoms with Crippen LogP contribution in [0.25, 0.3) is 16.9 Å². The van der Waals surface area contributed by atoms with Crippen molar-refractivity contribution in [2.45, 2.75) is 13.0 Å². The van der Waals surface area contributed by atoms with E-state index < -0.39 is 18.0 Å². The van der Waals surface area contributed by atoms with Crippen molar-refractivity contribution in [3.8, 4) is 16.9 Å². The fraction of sp³-hybridized carbons (Fsp3) is 0.0833. The second-order valence-electron chi connectivity index (χ2n) is 7.19. The van der Waals surface area contributed by atoms with Crippen molar-refractivity contribution in [1.82, 2.24) is 14.8 Å². The van der Waals surface area contributed by atoms with Gasteiger partial charge in [-0.05, 0) is 43.3 Å². The van der Waals surface area contributed by atoms with Crippen molar-refractivity contribution in [1.29, 1.82) is 0 Å². The highest BCUT2D eigenvalue weighted by atomic mass is 35.5. The number of para-hydroxylation sites is 1. The smallest absolute Gasteiger partial charge is 0.342 e. The zero-order chi connectivity index (χ0) is 24.2. The number of halogens is 3. The average Bonchev–Trinajstić information content (AvgIpc) is 3.28. The molecule has 0 unspecified atom stereocenters. The predicted molar refractivity (Wildman–Crippen MR) is 132 cm³/mol. The van der Waals surface area contributed by atoms with E-state index >= 15 is 0 Å². The Morgan fingerprint density at radius 2 is 1.74 bits per heavy atom. The molecule has 0 bridgehead atoms. The van der Waals surface area contributed by atoms with Gasteiger partial charge in [0.25, 0.3) is 5.91 Å². The summed E-state index contributed by atoms with van der Waals surface area (Å²) in [7, 11) is 0. The van der Waals surface area contributed by atoms with Crippen molar-refractivity contribution in [3.63, 3.8) is 0 Å². The Balaban J connectivity index is 1.59. The van der Waals surface area contributed by atoms with Crippen molar-refractivity contribution in [3.05, 3.63) is 93.8 Å². The molecule has 1 amide bonds. The fourth-order valence-corrected chi connectivity index (χ4v) is 4.03. The Kier molecular flexibility index (Phi) is 7.17. The van der Waals surface area contributed by atoms with E-state index in [9.17, 15) is 9.59 Å². The lowest BCUT2D eigenvalue weighted by Crippen LogP contribution is -2.30. The van der Waals surface area contributed by atoms with Crippen molar-refractivity contribution in [2.24, 2.45) is 0 Å². The number of nitrogens with one attached hydrogen (secondary N) is 1. The van der Waals surface area contributed by atoms with E-state index in [1.54, 1.807) is 35.4 Å². The van der Waals surface area contributed by atoms with Gasteiger partial charge in [0.1, 0.15) is 11.3 Å². The van der Waals surface area contributed by atoms with E-state index in [-0.39, 0.29) is 21.3 Å². The largest absolute Gasteiger partial charge is 0.449 e. The van der Waals surface area contributed by atoms with Crippen molar-refractivity contribution in [2.75, 3.05) is 5.32 Å². The topological polar surface area (TPSA) is 86.1 Å². The van der Waals surface area contributed by atoms with Gasteiger partial charge in [-0.15, -0.1) is 0 Å². The Bertz CT molecular complexity index is 1320. The highest BCUT2D eigenvalue weighted by Crippen LogP contribution is 2.34. The molecule has 4 aromatic rings. The van der Waals surface area contributed by atoms with E-state index in [1.165, 1.54) is 19.1 Å². The van der Waals surface area contributed by atoms with Crippen LogP contribution in [0.4, 0.5) is 5.69 Å². The maximum absolute atomic E-state index is 13.1. The molecule has 0 saturated carbocycles. The molecule has 0 fully saturated rings. The first kappa shape index (κ1) is 23.8. The minimum absolute atomic E-state index is 0.160. The first-order valence-electron chi connectivity index (χ1n) is 10.1. The SMILES string of the molecule is C[C@@H](OC(=O)c1cn(-c2ccccc2)nc1-c1cccnc1)C(=O)Nc1c(Cl)cc(Cl)cc1Cl. The molecule has 1 atom stereocenters. The first-order chi connectivity index (χ1) is 16.3. The summed E-state index contributed by atoms with van der Waals surface area (Å²) in [5.41, 5.74) is 2.11. The lowest BCUT2D eigenvalue weighted by Gasteiger charge is -2.15. The molecule has 0 aliphatic carbocycles. The highest BCUT2D eigenvalue weighted by molar-refractivity contribution is 6.42. The van der Waals surface area contributed by atoms with Gasteiger partial charge >= 0.3 is 5.97 Å². The minimum Gasteiger partial charge on any atom is -0.449 e. The number of esters is 1. The van der Waals surface area contributed by atoms with Crippen molar-refractivity contribution < 1.29 is 14.3 Å². The van der Waals surface area contributed by atoms with Gasteiger partial charge in [0.2, 0.25) is 0 Å². The Labute approximate surface area is 210 Å². The van der Waals surface area contributed by atoms with Crippen LogP contribution in [0.15, 0.2) is 73.2 Å². The molecule has 0 aliphatic heterocycles. The van der Waals surface area contributed by atoms with Crippen molar-refractivity contribution >= 4 is 52.4 Å². The summed E-state index contributed by atoms with van der Waals surface area (Å²) in [6.45, 7) is 1.44. The van der Waals surface area contributed by atoms with Gasteiger partial charge in [0.15, 0.2) is 6.10 Å². The third kappa shape index (κ3) is 5.22. The number of nitrogens with zero attached hydrogens (tertiary/aromatic N) is 3. The highest BCUT2D eigenvalue weighted by Gasteiger charge is 2.25. The van der Waals surface area contributed by atoms with Gasteiger partial charge in [-0.3, -0.25) is 9.78 Å². The monoisotopic (exact) mass is 514 g/mol. The molecule has 7 nitrogen and oxygen atoms in total. The third-order valence-electron chi connectivity index (χ3n) is 4.80. The molecule has 2 heterocycles. The number of hydrogen-bond acceptors (Lipinski definition) is 5. The number of pyridine rings is 1. The number of carbonyl (C=O) groups is 2. The second-order valence-corrected chi connectivity index (χ2v) is 8.45. The molecule has 2 aromatic heterocycles. The Morgan fingerprint density at radius 3 is 2.38 bits per heavy atom. The lowest BCUT2D eigenvalue weighted by atomic mass is 10.1. The van der Waals surface area contributed by atoms with Crippen LogP contribution in [-0.4, -0.2) is 32.7 Å². The molecule has 172 valence electrons. The molecular formula is C24H17Cl3N4O3. The Morgan fingerprint density at radius 1 is 1.03 bits per heavy atom. The number of carbonyl (C=O) groups excluding carboxylic acids is 2. The van der Waals surface area contributed by atoms with Gasteiger partial charge in [0.05, 0.1) is 21.4 Å². The summed E-state index contributed by atoms with van der Waals surface area (Å²) in [4.78, 5) is 29.9. The molecular weight excluding hydrogens is 499 g/mol. The standard InChI is InChI=1S/C24H17Cl3N4O3/c1-14(23(32)29-22-19(26)10-16(25)11-20(22)27)34-24(33)18-13-31(17-7-3-2-4-8-17)30-21(18)15-6-5-9-28-12-15/h2-14H,1H3,(H,29,32)/t14-/m1/s1. The van der Waals surface area contributed by atoms with E-state index in [0.717, 1.165) is 5.69 Å². The summed E-state index contributed by atoms with van der Waals surface area (Å²) in [5, 5.41) is 7.77. The van der Waals surface area contributed by atoms with Gasteiger partial charge in [-0.1, -0.05) is 53.0 Å². The lowest BCUT2D eigenvalue weighted by molar-refractivity contribution is -0.123. The first-order valence-corrected chi connectivity index (χ1v) is 11.2. The van der Waals surface area contributed by atoms with Crippen LogP contribution in [0.2, 0.25) is 15.1 Å². The van der Waals surface area contributed by atoms with Crippen LogP contribution >= 0.6 is 34.8 Å². The number of hydrogen-bond donors (Lipinski definition) is 1. The van der Waals surface area contributed by atoms with Crippen LogP contribution in [-0.2, 0) is 9.53 Å². The van der Waals surface area contributed by atoms with Gasteiger partial charge < -0.3 is 10.1 Å². The van der Waals surface area contributed by atoms with E-state index in [2.05, 4.69) is 15.4 Å². The number of rotatable bonds is 6.